The zero-order valence-corrected chi connectivity index (χ0v) is 13.0. The highest BCUT2D eigenvalue weighted by Gasteiger charge is 2.00. The van der Waals surface area contributed by atoms with Gasteiger partial charge in [-0.05, 0) is 54.8 Å². The van der Waals surface area contributed by atoms with Crippen molar-refractivity contribution in [3.05, 3.63) is 60.4 Å². The van der Waals surface area contributed by atoms with Crippen molar-refractivity contribution in [3.63, 3.8) is 0 Å². The molecular weight excluding hydrogens is 321 g/mol. The molecule has 0 aromatic heterocycles. The zero-order valence-electron chi connectivity index (χ0n) is 11.4. The topological polar surface area (TPSA) is 60.1 Å². The summed E-state index contributed by atoms with van der Waals surface area (Å²) in [6.45, 7) is 0. The number of rotatable bonds is 3. The Balaban J connectivity index is 1.70. The lowest BCUT2D eigenvalue weighted by atomic mass is 10.3. The van der Waals surface area contributed by atoms with Crippen molar-refractivity contribution in [1.29, 1.82) is 0 Å². The predicted octanol–water partition coefficient (Wildman–Crippen LogP) is 2.52. The molecule has 114 valence electrons. The molecule has 0 aliphatic rings. The van der Waals surface area contributed by atoms with Gasteiger partial charge in [0.2, 0.25) is 5.11 Å². The highest BCUT2D eigenvalue weighted by Crippen LogP contribution is 2.08. The minimum absolute atomic E-state index is 0.259. The van der Waals surface area contributed by atoms with Gasteiger partial charge in [-0.15, -0.1) is 0 Å². The van der Waals surface area contributed by atoms with E-state index >= 15 is 0 Å². The molecule has 0 bridgehead atoms. The molecule has 0 amide bonds. The maximum Gasteiger partial charge on any atom is 0.204 e. The summed E-state index contributed by atoms with van der Waals surface area (Å²) in [6, 6.07) is 15.5. The molecule has 0 radical (unpaired) electrons. The van der Waals surface area contributed by atoms with E-state index in [2.05, 4.69) is 27.0 Å². The highest BCUT2D eigenvalue weighted by atomic mass is 32.1. The van der Waals surface area contributed by atoms with Crippen molar-refractivity contribution >= 4 is 46.0 Å². The molecule has 0 unspecified atom stereocenters. The molecule has 0 atom stereocenters. The first-order valence-electron chi connectivity index (χ1n) is 6.33. The Labute approximate surface area is 138 Å². The average Bonchev–Trinajstić information content (AvgIpc) is 2.52. The Morgan fingerprint density at radius 2 is 1.45 bits per heavy atom. The zero-order chi connectivity index (χ0) is 15.8. The summed E-state index contributed by atoms with van der Waals surface area (Å²) in [5.41, 5.74) is 12.5. The van der Waals surface area contributed by atoms with Crippen LogP contribution in [-0.4, -0.2) is 10.2 Å². The van der Waals surface area contributed by atoms with E-state index in [9.17, 15) is 4.39 Å². The quantitative estimate of drug-likeness (QED) is 0.436. The first-order chi connectivity index (χ1) is 10.6. The van der Waals surface area contributed by atoms with Gasteiger partial charge in [0.1, 0.15) is 5.82 Å². The second-order valence-corrected chi connectivity index (χ2v) is 4.98. The molecule has 0 aliphatic carbocycles. The molecule has 0 aliphatic heterocycles. The lowest BCUT2D eigenvalue weighted by Crippen LogP contribution is -2.49. The lowest BCUT2D eigenvalue weighted by Gasteiger charge is -2.15. The summed E-state index contributed by atoms with van der Waals surface area (Å²) >= 11 is 10.1. The fraction of sp³-hybridized carbons (Fsp3) is 0. The van der Waals surface area contributed by atoms with Crippen molar-refractivity contribution in [1.82, 2.24) is 16.3 Å². The van der Waals surface area contributed by atoms with E-state index < -0.39 is 0 Å². The van der Waals surface area contributed by atoms with E-state index in [-0.39, 0.29) is 10.9 Å². The SMILES string of the molecule is Fc1cccc(NC(=S)NNC(=S)NNc2ccccc2)c1. The molecule has 2 rings (SSSR count). The smallest absolute Gasteiger partial charge is 0.204 e. The molecule has 0 saturated carbocycles. The fourth-order valence-electron chi connectivity index (χ4n) is 1.52. The van der Waals surface area contributed by atoms with Crippen LogP contribution in [0.15, 0.2) is 54.6 Å². The highest BCUT2D eigenvalue weighted by molar-refractivity contribution is 7.80. The van der Waals surface area contributed by atoms with Gasteiger partial charge in [0.25, 0.3) is 0 Å². The minimum atomic E-state index is -0.343. The maximum absolute atomic E-state index is 13.0. The molecule has 0 saturated heterocycles. The van der Waals surface area contributed by atoms with Gasteiger partial charge < -0.3 is 5.32 Å². The van der Waals surface area contributed by atoms with Crippen molar-refractivity contribution < 1.29 is 4.39 Å². The standard InChI is InChI=1S/C14H14FN5S2/c15-10-5-4-8-12(9-10)16-13(21)18-20-14(22)19-17-11-6-2-1-3-7-11/h1-9,17H,(H2,16,18,21)(H2,19,20,22). The molecule has 0 spiro atoms. The van der Waals surface area contributed by atoms with Crippen LogP contribution in [-0.2, 0) is 0 Å². The number of nitrogens with one attached hydrogen (secondary N) is 5. The first kappa shape index (κ1) is 15.9. The van der Waals surface area contributed by atoms with Crippen LogP contribution in [0.5, 0.6) is 0 Å². The van der Waals surface area contributed by atoms with Crippen molar-refractivity contribution in [2.75, 3.05) is 10.7 Å². The van der Waals surface area contributed by atoms with Gasteiger partial charge in [0.15, 0.2) is 5.11 Å². The van der Waals surface area contributed by atoms with Gasteiger partial charge in [-0.3, -0.25) is 21.7 Å². The number of thiocarbonyl (C=S) groups is 2. The number of halogens is 1. The molecular formula is C14H14FN5S2. The molecule has 5 nitrogen and oxygen atoms in total. The molecule has 5 N–H and O–H groups in total. The monoisotopic (exact) mass is 335 g/mol. The van der Waals surface area contributed by atoms with E-state index in [0.717, 1.165) is 5.69 Å². The van der Waals surface area contributed by atoms with E-state index in [1.807, 2.05) is 30.3 Å². The number of anilines is 2. The van der Waals surface area contributed by atoms with Crippen molar-refractivity contribution in [2.45, 2.75) is 0 Å². The Bertz CT molecular complexity index is 651. The van der Waals surface area contributed by atoms with E-state index in [4.69, 9.17) is 24.4 Å². The van der Waals surface area contributed by atoms with Gasteiger partial charge in [-0.25, -0.2) is 4.39 Å². The van der Waals surface area contributed by atoms with Crippen LogP contribution in [0.4, 0.5) is 15.8 Å². The van der Waals surface area contributed by atoms with Gasteiger partial charge in [-0.1, -0.05) is 24.3 Å². The third-order valence-corrected chi connectivity index (χ3v) is 2.87. The molecule has 0 fully saturated rings. The third-order valence-electron chi connectivity index (χ3n) is 2.47. The summed E-state index contributed by atoms with van der Waals surface area (Å²) in [6.07, 6.45) is 0. The predicted molar refractivity (Wildman–Crippen MR) is 94.7 cm³/mol. The Morgan fingerprint density at radius 1 is 0.773 bits per heavy atom. The number of hydrazine groups is 2. The molecule has 2 aromatic rings. The summed E-state index contributed by atoms with van der Waals surface area (Å²) in [7, 11) is 0. The van der Waals surface area contributed by atoms with Crippen molar-refractivity contribution in [3.8, 4) is 0 Å². The number of hydrogen-bond acceptors (Lipinski definition) is 3. The van der Waals surface area contributed by atoms with Crippen LogP contribution < -0.4 is 27.0 Å². The fourth-order valence-corrected chi connectivity index (χ4v) is 1.79. The van der Waals surface area contributed by atoms with Gasteiger partial charge in [0, 0.05) is 5.69 Å². The van der Waals surface area contributed by atoms with Crippen LogP contribution >= 0.6 is 24.4 Å². The Hall–Kier alpha value is -2.45. The minimum Gasteiger partial charge on any atom is -0.331 e. The molecule has 2 aromatic carbocycles. The van der Waals surface area contributed by atoms with Crippen LogP contribution in [0, 0.1) is 5.82 Å². The lowest BCUT2D eigenvalue weighted by molar-refractivity contribution is 0.628. The normalized spacial score (nSPS) is 9.50. The first-order valence-corrected chi connectivity index (χ1v) is 7.15. The van der Waals surface area contributed by atoms with E-state index in [1.54, 1.807) is 12.1 Å². The van der Waals surface area contributed by atoms with E-state index in [0.29, 0.717) is 10.8 Å². The van der Waals surface area contributed by atoms with Crippen molar-refractivity contribution in [2.24, 2.45) is 0 Å². The van der Waals surface area contributed by atoms with Gasteiger partial charge in [-0.2, -0.15) is 0 Å². The second kappa shape index (κ2) is 8.11. The Kier molecular flexibility index (Phi) is 5.87. The number of para-hydroxylation sites is 1. The van der Waals surface area contributed by atoms with Crippen LogP contribution in [0.2, 0.25) is 0 Å². The summed E-state index contributed by atoms with van der Waals surface area (Å²) in [5, 5.41) is 3.38. The molecule has 0 heterocycles. The average molecular weight is 335 g/mol. The maximum atomic E-state index is 13.0. The summed E-state index contributed by atoms with van der Waals surface area (Å²) < 4.78 is 13.0. The summed E-state index contributed by atoms with van der Waals surface area (Å²) in [4.78, 5) is 0. The third kappa shape index (κ3) is 5.51. The molecule has 8 heteroatoms. The largest absolute Gasteiger partial charge is 0.331 e. The van der Waals surface area contributed by atoms with E-state index in [1.165, 1.54) is 12.1 Å². The summed E-state index contributed by atoms with van der Waals surface area (Å²) in [5.74, 6) is -0.343. The number of benzene rings is 2. The number of hydrogen-bond donors (Lipinski definition) is 5. The van der Waals surface area contributed by atoms with Crippen LogP contribution in [0.25, 0.3) is 0 Å². The van der Waals surface area contributed by atoms with Gasteiger partial charge >= 0.3 is 0 Å². The van der Waals surface area contributed by atoms with Gasteiger partial charge in [0.05, 0.1) is 5.69 Å². The van der Waals surface area contributed by atoms with Crippen LogP contribution in [0.3, 0.4) is 0 Å². The Morgan fingerprint density at radius 3 is 2.18 bits per heavy atom. The molecule has 22 heavy (non-hydrogen) atoms. The van der Waals surface area contributed by atoms with Crippen LogP contribution in [0.1, 0.15) is 0 Å². The second-order valence-electron chi connectivity index (χ2n) is 4.16.